The number of hydrogen-bond acceptors (Lipinski definition) is 4. The van der Waals surface area contributed by atoms with Gasteiger partial charge >= 0.3 is 0 Å². The largest absolute Gasteiger partial charge is 0.497 e. The summed E-state index contributed by atoms with van der Waals surface area (Å²) in [5.41, 5.74) is 1.77. The van der Waals surface area contributed by atoms with Crippen LogP contribution in [0.1, 0.15) is 28.8 Å². The molecule has 0 atom stereocenters. The van der Waals surface area contributed by atoms with Crippen molar-refractivity contribution in [3.8, 4) is 11.5 Å². The van der Waals surface area contributed by atoms with Crippen LogP contribution in [0.2, 0.25) is 0 Å². The molecule has 2 aromatic carbocycles. The third kappa shape index (κ3) is 5.50. The van der Waals surface area contributed by atoms with Crippen molar-refractivity contribution < 1.29 is 19.1 Å². The van der Waals surface area contributed by atoms with E-state index in [4.69, 9.17) is 9.47 Å². The molecule has 3 rings (SSSR count). The van der Waals surface area contributed by atoms with Gasteiger partial charge in [0.25, 0.3) is 5.91 Å². The van der Waals surface area contributed by atoms with Crippen LogP contribution in [0.4, 0.5) is 0 Å². The summed E-state index contributed by atoms with van der Waals surface area (Å²) in [5.74, 6) is 1.52. The lowest BCUT2D eigenvalue weighted by atomic mass is 9.95. The summed E-state index contributed by atoms with van der Waals surface area (Å²) in [6.45, 7) is 1.79. The fraction of sp³-hybridized carbons (Fsp3) is 0.391. The monoisotopic (exact) mass is 396 g/mol. The van der Waals surface area contributed by atoms with E-state index < -0.39 is 0 Å². The zero-order valence-corrected chi connectivity index (χ0v) is 17.0. The van der Waals surface area contributed by atoms with Crippen LogP contribution < -0.4 is 14.8 Å². The molecule has 2 amide bonds. The van der Waals surface area contributed by atoms with Crippen molar-refractivity contribution in [2.75, 3.05) is 33.9 Å². The number of ether oxygens (including phenoxy) is 2. The van der Waals surface area contributed by atoms with Crippen molar-refractivity contribution in [3.05, 3.63) is 59.7 Å². The zero-order valence-electron chi connectivity index (χ0n) is 17.0. The minimum absolute atomic E-state index is 0.0118. The SMILES string of the molecule is COc1ccc(CCNC(=O)C2CCN(C(=O)c3cccc(OC)c3)CC2)cc1. The summed E-state index contributed by atoms with van der Waals surface area (Å²) in [5, 5.41) is 3.03. The van der Waals surface area contributed by atoms with Gasteiger partial charge in [-0.05, 0) is 55.2 Å². The fourth-order valence-corrected chi connectivity index (χ4v) is 3.55. The molecule has 6 heteroatoms. The van der Waals surface area contributed by atoms with Crippen LogP contribution in [-0.2, 0) is 11.2 Å². The average molecular weight is 396 g/mol. The summed E-state index contributed by atoms with van der Waals surface area (Å²) >= 11 is 0. The zero-order chi connectivity index (χ0) is 20.6. The third-order valence-electron chi connectivity index (χ3n) is 5.34. The van der Waals surface area contributed by atoms with Crippen molar-refractivity contribution in [2.45, 2.75) is 19.3 Å². The van der Waals surface area contributed by atoms with Gasteiger partial charge in [0.05, 0.1) is 14.2 Å². The molecule has 154 valence electrons. The van der Waals surface area contributed by atoms with Gasteiger partial charge in [-0.1, -0.05) is 18.2 Å². The van der Waals surface area contributed by atoms with Gasteiger partial charge in [0.15, 0.2) is 0 Å². The summed E-state index contributed by atoms with van der Waals surface area (Å²) < 4.78 is 10.3. The number of rotatable bonds is 7. The van der Waals surface area contributed by atoms with E-state index in [-0.39, 0.29) is 17.7 Å². The number of nitrogens with one attached hydrogen (secondary N) is 1. The number of nitrogens with zero attached hydrogens (tertiary/aromatic N) is 1. The van der Waals surface area contributed by atoms with Crippen molar-refractivity contribution in [3.63, 3.8) is 0 Å². The highest BCUT2D eigenvalue weighted by molar-refractivity contribution is 5.94. The minimum atomic E-state index is -0.0415. The van der Waals surface area contributed by atoms with E-state index in [2.05, 4.69) is 5.32 Å². The Kier molecular flexibility index (Phi) is 7.11. The Bertz CT molecular complexity index is 827. The van der Waals surface area contributed by atoms with Crippen molar-refractivity contribution in [1.82, 2.24) is 10.2 Å². The Morgan fingerprint density at radius 3 is 2.34 bits per heavy atom. The second-order valence-electron chi connectivity index (χ2n) is 7.19. The van der Waals surface area contributed by atoms with Crippen LogP contribution in [0, 0.1) is 5.92 Å². The van der Waals surface area contributed by atoms with Gasteiger partial charge in [0.2, 0.25) is 5.91 Å². The van der Waals surface area contributed by atoms with Crippen LogP contribution in [0.5, 0.6) is 11.5 Å². The molecule has 2 aromatic rings. The topological polar surface area (TPSA) is 67.9 Å². The quantitative estimate of drug-likeness (QED) is 0.781. The highest BCUT2D eigenvalue weighted by Crippen LogP contribution is 2.21. The molecule has 1 heterocycles. The van der Waals surface area contributed by atoms with Gasteiger partial charge in [0.1, 0.15) is 11.5 Å². The molecule has 1 aliphatic rings. The second-order valence-corrected chi connectivity index (χ2v) is 7.19. The van der Waals surface area contributed by atoms with E-state index in [1.807, 2.05) is 41.3 Å². The Morgan fingerprint density at radius 2 is 1.69 bits per heavy atom. The van der Waals surface area contributed by atoms with Crippen LogP contribution in [0.15, 0.2) is 48.5 Å². The predicted octanol–water partition coefficient (Wildman–Crippen LogP) is 2.91. The van der Waals surface area contributed by atoms with E-state index in [0.29, 0.717) is 43.8 Å². The molecule has 1 fully saturated rings. The number of piperidine rings is 1. The van der Waals surface area contributed by atoms with Gasteiger partial charge in [-0.25, -0.2) is 0 Å². The van der Waals surface area contributed by atoms with E-state index in [0.717, 1.165) is 17.7 Å². The number of likely N-dealkylation sites (tertiary alicyclic amines) is 1. The Balaban J connectivity index is 1.43. The number of methoxy groups -OCH3 is 2. The van der Waals surface area contributed by atoms with Crippen LogP contribution in [0.25, 0.3) is 0 Å². The fourth-order valence-electron chi connectivity index (χ4n) is 3.55. The van der Waals surface area contributed by atoms with Crippen LogP contribution >= 0.6 is 0 Å². The first-order valence-electron chi connectivity index (χ1n) is 9.94. The van der Waals surface area contributed by atoms with E-state index in [9.17, 15) is 9.59 Å². The first-order valence-corrected chi connectivity index (χ1v) is 9.94. The normalized spacial score (nSPS) is 14.3. The summed E-state index contributed by atoms with van der Waals surface area (Å²) in [7, 11) is 3.23. The van der Waals surface area contributed by atoms with E-state index in [1.165, 1.54) is 0 Å². The van der Waals surface area contributed by atoms with Crippen molar-refractivity contribution in [1.29, 1.82) is 0 Å². The molecule has 29 heavy (non-hydrogen) atoms. The average Bonchev–Trinajstić information content (AvgIpc) is 2.79. The lowest BCUT2D eigenvalue weighted by molar-refractivity contribution is -0.126. The molecule has 0 spiro atoms. The lowest BCUT2D eigenvalue weighted by Crippen LogP contribution is -2.43. The smallest absolute Gasteiger partial charge is 0.253 e. The molecule has 0 unspecified atom stereocenters. The first-order chi connectivity index (χ1) is 14.1. The van der Waals surface area contributed by atoms with Gasteiger partial charge in [0, 0.05) is 31.1 Å². The molecular weight excluding hydrogens is 368 g/mol. The second kappa shape index (κ2) is 9.96. The maximum atomic E-state index is 12.7. The Labute approximate surface area is 171 Å². The highest BCUT2D eigenvalue weighted by atomic mass is 16.5. The van der Waals surface area contributed by atoms with Crippen molar-refractivity contribution >= 4 is 11.8 Å². The van der Waals surface area contributed by atoms with Gasteiger partial charge in [-0.3, -0.25) is 9.59 Å². The van der Waals surface area contributed by atoms with Crippen LogP contribution in [-0.4, -0.2) is 50.6 Å². The van der Waals surface area contributed by atoms with Crippen molar-refractivity contribution in [2.24, 2.45) is 5.92 Å². The van der Waals surface area contributed by atoms with Gasteiger partial charge in [-0.15, -0.1) is 0 Å². The summed E-state index contributed by atoms with van der Waals surface area (Å²) in [4.78, 5) is 27.0. The minimum Gasteiger partial charge on any atom is -0.497 e. The van der Waals surface area contributed by atoms with Gasteiger partial charge in [-0.2, -0.15) is 0 Å². The van der Waals surface area contributed by atoms with Gasteiger partial charge < -0.3 is 19.7 Å². The Morgan fingerprint density at radius 1 is 1.00 bits per heavy atom. The molecule has 0 aliphatic carbocycles. The highest BCUT2D eigenvalue weighted by Gasteiger charge is 2.27. The number of carbonyl (C=O) groups is 2. The molecule has 1 N–H and O–H groups in total. The molecule has 1 saturated heterocycles. The summed E-state index contributed by atoms with van der Waals surface area (Å²) in [6, 6.07) is 15.0. The molecule has 6 nitrogen and oxygen atoms in total. The van der Waals surface area contributed by atoms with E-state index in [1.54, 1.807) is 26.4 Å². The van der Waals surface area contributed by atoms with Crippen LogP contribution in [0.3, 0.4) is 0 Å². The Hall–Kier alpha value is -3.02. The standard InChI is InChI=1S/C23H28N2O4/c1-28-20-8-6-17(7-9-20)10-13-24-22(26)18-11-14-25(15-12-18)23(27)19-4-3-5-21(16-19)29-2/h3-9,16,18H,10-15H2,1-2H3,(H,24,26). The number of benzene rings is 2. The maximum absolute atomic E-state index is 12.7. The number of hydrogen-bond donors (Lipinski definition) is 1. The summed E-state index contributed by atoms with van der Waals surface area (Å²) in [6.07, 6.45) is 2.15. The first kappa shape index (κ1) is 20.7. The predicted molar refractivity (Wildman–Crippen MR) is 111 cm³/mol. The number of carbonyl (C=O) groups excluding carboxylic acids is 2. The molecule has 0 bridgehead atoms. The molecule has 0 radical (unpaired) electrons. The lowest BCUT2D eigenvalue weighted by Gasteiger charge is -2.31. The maximum Gasteiger partial charge on any atom is 0.253 e. The molecule has 1 aliphatic heterocycles. The molecular formula is C23H28N2O4. The number of amides is 2. The molecule has 0 aromatic heterocycles. The molecule has 0 saturated carbocycles. The van der Waals surface area contributed by atoms with E-state index >= 15 is 0 Å². The third-order valence-corrected chi connectivity index (χ3v) is 5.34.